The van der Waals surface area contributed by atoms with Crippen molar-refractivity contribution < 1.29 is 0 Å². The first-order valence-electron chi connectivity index (χ1n) is 7.58. The normalized spacial score (nSPS) is 27.0. The van der Waals surface area contributed by atoms with Gasteiger partial charge in [-0.15, -0.1) is 0 Å². The number of hydrogen-bond donors (Lipinski definition) is 2. The highest BCUT2D eigenvalue weighted by Gasteiger charge is 2.30. The van der Waals surface area contributed by atoms with Gasteiger partial charge < -0.3 is 10.3 Å². The topological polar surface area (TPSA) is 40.7 Å². The summed E-state index contributed by atoms with van der Waals surface area (Å²) in [5, 5.41) is 5.18. The van der Waals surface area contributed by atoms with Crippen LogP contribution < -0.4 is 5.32 Å². The summed E-state index contributed by atoms with van der Waals surface area (Å²) in [5.74, 6) is 0.876. The van der Waals surface area contributed by atoms with Crippen molar-refractivity contribution in [3.8, 4) is 0 Å². The van der Waals surface area contributed by atoms with Gasteiger partial charge in [0.05, 0.1) is 11.0 Å². The van der Waals surface area contributed by atoms with E-state index in [4.69, 9.17) is 4.98 Å². The summed E-state index contributed by atoms with van der Waals surface area (Å²) in [4.78, 5) is 8.15. The van der Waals surface area contributed by atoms with Crippen LogP contribution in [-0.4, -0.2) is 28.3 Å². The van der Waals surface area contributed by atoms with Gasteiger partial charge in [-0.1, -0.05) is 37.2 Å². The summed E-state index contributed by atoms with van der Waals surface area (Å²) in [5.41, 5.74) is 2.21. The van der Waals surface area contributed by atoms with Crippen molar-refractivity contribution in [3.05, 3.63) is 24.3 Å². The standard InChI is InChI=1S/C16H23N3S/c1-3-11-8-9-14(17-2)15(10-11)20-16-18-12-6-4-5-7-13(12)19-16/h4-7,11,14-15,17H,3,8-10H2,1-2H3,(H,18,19). The highest BCUT2D eigenvalue weighted by Crippen LogP contribution is 2.37. The molecule has 3 rings (SSSR count). The zero-order valence-electron chi connectivity index (χ0n) is 12.2. The fourth-order valence-electron chi connectivity index (χ4n) is 3.17. The van der Waals surface area contributed by atoms with Crippen molar-refractivity contribution in [2.24, 2.45) is 5.92 Å². The molecule has 0 aliphatic heterocycles. The van der Waals surface area contributed by atoms with E-state index >= 15 is 0 Å². The Hall–Kier alpha value is -1.00. The van der Waals surface area contributed by atoms with Gasteiger partial charge in [-0.05, 0) is 44.4 Å². The second-order valence-corrected chi connectivity index (χ2v) is 6.93. The maximum absolute atomic E-state index is 4.71. The Bertz CT molecular complexity index is 533. The first kappa shape index (κ1) is 14.0. The Kier molecular flexibility index (Phi) is 4.32. The number of fused-ring (bicyclic) bond motifs is 1. The molecule has 1 aromatic carbocycles. The zero-order chi connectivity index (χ0) is 13.9. The number of H-pyrrole nitrogens is 1. The molecule has 3 nitrogen and oxygen atoms in total. The second-order valence-electron chi connectivity index (χ2n) is 5.70. The number of para-hydroxylation sites is 2. The monoisotopic (exact) mass is 289 g/mol. The summed E-state index contributed by atoms with van der Waals surface area (Å²) in [7, 11) is 2.09. The molecule has 0 saturated heterocycles. The molecule has 0 bridgehead atoms. The Morgan fingerprint density at radius 3 is 2.95 bits per heavy atom. The maximum Gasteiger partial charge on any atom is 0.166 e. The van der Waals surface area contributed by atoms with Gasteiger partial charge in [-0.25, -0.2) is 4.98 Å². The molecule has 0 amide bonds. The number of rotatable bonds is 4. The minimum absolute atomic E-state index is 0.607. The molecule has 2 aromatic rings. The van der Waals surface area contributed by atoms with E-state index in [2.05, 4.69) is 42.5 Å². The van der Waals surface area contributed by atoms with Crippen molar-refractivity contribution in [1.82, 2.24) is 15.3 Å². The lowest BCUT2D eigenvalue weighted by atomic mass is 9.84. The third-order valence-electron chi connectivity index (χ3n) is 4.48. The number of imidazole rings is 1. The van der Waals surface area contributed by atoms with Crippen LogP contribution in [0.5, 0.6) is 0 Å². The van der Waals surface area contributed by atoms with Crippen molar-refractivity contribution in [2.45, 2.75) is 49.1 Å². The van der Waals surface area contributed by atoms with Gasteiger partial charge in [-0.2, -0.15) is 0 Å². The van der Waals surface area contributed by atoms with Crippen LogP contribution in [0.2, 0.25) is 0 Å². The Labute approximate surface area is 124 Å². The van der Waals surface area contributed by atoms with Crippen LogP contribution in [-0.2, 0) is 0 Å². The number of thioether (sulfide) groups is 1. The zero-order valence-corrected chi connectivity index (χ0v) is 13.0. The van der Waals surface area contributed by atoms with Crippen LogP contribution >= 0.6 is 11.8 Å². The number of hydrogen-bond acceptors (Lipinski definition) is 3. The summed E-state index contributed by atoms with van der Waals surface area (Å²) >= 11 is 1.91. The van der Waals surface area contributed by atoms with Gasteiger partial charge in [0, 0.05) is 11.3 Å². The highest BCUT2D eigenvalue weighted by atomic mass is 32.2. The molecule has 1 saturated carbocycles. The molecule has 1 aromatic heterocycles. The van der Waals surface area contributed by atoms with E-state index in [0.717, 1.165) is 22.1 Å². The lowest BCUT2D eigenvalue weighted by Crippen LogP contribution is -2.40. The summed E-state index contributed by atoms with van der Waals surface area (Å²) in [6, 6.07) is 8.87. The van der Waals surface area contributed by atoms with Gasteiger partial charge in [0.15, 0.2) is 5.16 Å². The molecule has 108 valence electrons. The van der Waals surface area contributed by atoms with E-state index in [1.54, 1.807) is 0 Å². The van der Waals surface area contributed by atoms with Crippen LogP contribution in [0.1, 0.15) is 32.6 Å². The summed E-state index contributed by atoms with van der Waals surface area (Å²) in [6.07, 6.45) is 5.24. The van der Waals surface area contributed by atoms with Crippen LogP contribution in [0.15, 0.2) is 29.4 Å². The maximum atomic E-state index is 4.71. The molecule has 0 radical (unpaired) electrons. The molecule has 1 aliphatic carbocycles. The number of aromatic amines is 1. The van der Waals surface area contributed by atoms with Gasteiger partial charge >= 0.3 is 0 Å². The largest absolute Gasteiger partial charge is 0.333 e. The molecule has 1 fully saturated rings. The van der Waals surface area contributed by atoms with Crippen molar-refractivity contribution in [3.63, 3.8) is 0 Å². The Morgan fingerprint density at radius 1 is 1.35 bits per heavy atom. The van der Waals surface area contributed by atoms with E-state index in [-0.39, 0.29) is 0 Å². The first-order valence-corrected chi connectivity index (χ1v) is 8.46. The van der Waals surface area contributed by atoms with Crippen LogP contribution in [0, 0.1) is 5.92 Å². The van der Waals surface area contributed by atoms with Gasteiger partial charge in [0.2, 0.25) is 0 Å². The Morgan fingerprint density at radius 2 is 2.20 bits per heavy atom. The molecule has 1 heterocycles. The van der Waals surface area contributed by atoms with E-state index in [1.807, 2.05) is 17.8 Å². The van der Waals surface area contributed by atoms with Crippen molar-refractivity contribution >= 4 is 22.8 Å². The van der Waals surface area contributed by atoms with E-state index < -0.39 is 0 Å². The SMILES string of the molecule is CCC1CCC(NC)C(Sc2nc3ccccc3[nH]2)C1. The molecule has 20 heavy (non-hydrogen) atoms. The molecular formula is C16H23N3S. The van der Waals surface area contributed by atoms with Gasteiger partial charge in [0.25, 0.3) is 0 Å². The first-order chi connectivity index (χ1) is 9.80. The fraction of sp³-hybridized carbons (Fsp3) is 0.562. The third kappa shape index (κ3) is 2.86. The molecule has 0 spiro atoms. The average Bonchev–Trinajstić information content (AvgIpc) is 2.89. The summed E-state index contributed by atoms with van der Waals surface area (Å²) < 4.78 is 0. The summed E-state index contributed by atoms with van der Waals surface area (Å²) in [6.45, 7) is 2.31. The van der Waals surface area contributed by atoms with E-state index in [0.29, 0.717) is 11.3 Å². The predicted octanol–water partition coefficient (Wildman–Crippen LogP) is 3.82. The average molecular weight is 289 g/mol. The predicted molar refractivity (Wildman–Crippen MR) is 86.2 cm³/mol. The van der Waals surface area contributed by atoms with E-state index in [9.17, 15) is 0 Å². The number of benzene rings is 1. The lowest BCUT2D eigenvalue weighted by Gasteiger charge is -2.34. The van der Waals surface area contributed by atoms with Crippen LogP contribution in [0.3, 0.4) is 0 Å². The number of aromatic nitrogens is 2. The Balaban J connectivity index is 1.76. The smallest absolute Gasteiger partial charge is 0.166 e. The highest BCUT2D eigenvalue weighted by molar-refractivity contribution is 7.99. The minimum Gasteiger partial charge on any atom is -0.333 e. The fourth-order valence-corrected chi connectivity index (χ4v) is 4.58. The van der Waals surface area contributed by atoms with Crippen molar-refractivity contribution in [2.75, 3.05) is 7.05 Å². The molecule has 2 N–H and O–H groups in total. The van der Waals surface area contributed by atoms with Gasteiger partial charge in [-0.3, -0.25) is 0 Å². The molecular weight excluding hydrogens is 266 g/mol. The quantitative estimate of drug-likeness (QED) is 0.899. The number of nitrogens with one attached hydrogen (secondary N) is 2. The van der Waals surface area contributed by atoms with E-state index in [1.165, 1.54) is 25.7 Å². The minimum atomic E-state index is 0.607. The molecule has 4 heteroatoms. The van der Waals surface area contributed by atoms with Crippen LogP contribution in [0.25, 0.3) is 11.0 Å². The molecule has 3 unspecified atom stereocenters. The lowest BCUT2D eigenvalue weighted by molar-refractivity contribution is 0.304. The van der Waals surface area contributed by atoms with Gasteiger partial charge in [0.1, 0.15) is 0 Å². The second kappa shape index (κ2) is 6.19. The molecule has 3 atom stereocenters. The third-order valence-corrected chi connectivity index (χ3v) is 5.72. The van der Waals surface area contributed by atoms with Crippen molar-refractivity contribution in [1.29, 1.82) is 0 Å². The number of nitrogens with zero attached hydrogens (tertiary/aromatic N) is 1. The molecule has 1 aliphatic rings. The van der Waals surface area contributed by atoms with Crippen LogP contribution in [0.4, 0.5) is 0 Å².